The average molecular weight is 278 g/mol. The zero-order valence-electron chi connectivity index (χ0n) is 11.1. The van der Waals surface area contributed by atoms with Crippen LogP contribution in [-0.2, 0) is 4.79 Å². The van der Waals surface area contributed by atoms with Gasteiger partial charge in [0.1, 0.15) is 6.07 Å². The van der Waals surface area contributed by atoms with E-state index in [0.29, 0.717) is 11.3 Å². The van der Waals surface area contributed by atoms with Crippen molar-refractivity contribution in [1.29, 1.82) is 5.26 Å². The molecule has 0 fully saturated rings. The Morgan fingerprint density at radius 3 is 2.84 bits per heavy atom. The molecule has 1 aromatic carbocycles. The molecule has 1 atom stereocenters. The van der Waals surface area contributed by atoms with Gasteiger partial charge in [-0.1, -0.05) is 19.4 Å². The summed E-state index contributed by atoms with van der Waals surface area (Å²) in [6.07, 6.45) is 3.64. The highest BCUT2D eigenvalue weighted by atomic mass is 32.2. The molecular weight excluding hydrogens is 260 g/mol. The van der Waals surface area contributed by atoms with E-state index in [1.807, 2.05) is 31.4 Å². The minimum Gasteiger partial charge on any atom is -0.481 e. The second-order valence-electron chi connectivity index (χ2n) is 4.22. The molecule has 0 spiro atoms. The summed E-state index contributed by atoms with van der Waals surface area (Å²) in [4.78, 5) is 11.7. The van der Waals surface area contributed by atoms with Gasteiger partial charge in [0.2, 0.25) is 0 Å². The van der Waals surface area contributed by atoms with Crippen LogP contribution in [0.25, 0.3) is 0 Å². The molecule has 0 bridgehead atoms. The second-order valence-corrected chi connectivity index (χ2v) is 5.07. The molecule has 0 amide bonds. The quantitative estimate of drug-likeness (QED) is 0.748. The lowest BCUT2D eigenvalue weighted by atomic mass is 10.1. The van der Waals surface area contributed by atoms with Crippen molar-refractivity contribution in [2.45, 2.75) is 37.1 Å². The third kappa shape index (κ3) is 4.49. The summed E-state index contributed by atoms with van der Waals surface area (Å²) in [6, 6.07) is 7.62. The lowest BCUT2D eigenvalue weighted by molar-refractivity contribution is -0.137. The average Bonchev–Trinajstić information content (AvgIpc) is 2.37. The minimum atomic E-state index is -0.828. The summed E-state index contributed by atoms with van der Waals surface area (Å²) in [6.45, 7) is 2.01. The third-order valence-corrected chi connectivity index (χ3v) is 3.56. The molecule has 0 radical (unpaired) electrons. The number of thioether (sulfide) groups is 1. The molecule has 2 N–H and O–H groups in total. The highest BCUT2D eigenvalue weighted by molar-refractivity contribution is 7.98. The summed E-state index contributed by atoms with van der Waals surface area (Å²) in [5, 5.41) is 21.3. The molecule has 5 heteroatoms. The van der Waals surface area contributed by atoms with E-state index in [1.54, 1.807) is 0 Å². The van der Waals surface area contributed by atoms with Crippen molar-refractivity contribution in [2.24, 2.45) is 0 Å². The van der Waals surface area contributed by atoms with E-state index >= 15 is 0 Å². The first-order valence-corrected chi connectivity index (χ1v) is 7.40. The smallest absolute Gasteiger partial charge is 0.305 e. The Kier molecular flexibility index (Phi) is 6.23. The van der Waals surface area contributed by atoms with Crippen molar-refractivity contribution in [2.75, 3.05) is 11.6 Å². The van der Waals surface area contributed by atoms with E-state index in [1.165, 1.54) is 11.8 Å². The minimum absolute atomic E-state index is 0.0577. The van der Waals surface area contributed by atoms with E-state index in [0.717, 1.165) is 17.7 Å². The van der Waals surface area contributed by atoms with Crippen molar-refractivity contribution >= 4 is 23.4 Å². The monoisotopic (exact) mass is 278 g/mol. The van der Waals surface area contributed by atoms with Gasteiger partial charge in [-0.2, -0.15) is 5.26 Å². The molecule has 0 aliphatic heterocycles. The van der Waals surface area contributed by atoms with Crippen molar-refractivity contribution < 1.29 is 9.90 Å². The molecule has 0 aliphatic rings. The lowest BCUT2D eigenvalue weighted by Crippen LogP contribution is -2.23. The van der Waals surface area contributed by atoms with Crippen LogP contribution in [0.1, 0.15) is 31.7 Å². The Morgan fingerprint density at radius 2 is 2.32 bits per heavy atom. The fourth-order valence-corrected chi connectivity index (χ4v) is 2.52. The molecule has 1 rings (SSSR count). The predicted molar refractivity (Wildman–Crippen MR) is 77.5 cm³/mol. The fourth-order valence-electron chi connectivity index (χ4n) is 1.94. The van der Waals surface area contributed by atoms with Crippen molar-refractivity contribution in [3.63, 3.8) is 0 Å². The maximum atomic E-state index is 10.8. The summed E-state index contributed by atoms with van der Waals surface area (Å²) in [5.74, 6) is -0.828. The highest BCUT2D eigenvalue weighted by Gasteiger charge is 2.15. The highest BCUT2D eigenvalue weighted by Crippen LogP contribution is 2.27. The Hall–Kier alpha value is -1.67. The van der Waals surface area contributed by atoms with Gasteiger partial charge in [0.15, 0.2) is 0 Å². The van der Waals surface area contributed by atoms with Crippen molar-refractivity contribution in [3.05, 3.63) is 23.8 Å². The van der Waals surface area contributed by atoms with Crippen LogP contribution in [0.3, 0.4) is 0 Å². The Balaban J connectivity index is 2.96. The topological polar surface area (TPSA) is 73.1 Å². The number of carboxylic acids is 1. The molecule has 102 valence electrons. The van der Waals surface area contributed by atoms with Gasteiger partial charge in [0, 0.05) is 10.9 Å². The zero-order valence-corrected chi connectivity index (χ0v) is 12.0. The number of aliphatic carboxylic acids is 1. The molecule has 0 aromatic heterocycles. The van der Waals surface area contributed by atoms with Crippen molar-refractivity contribution in [3.8, 4) is 6.07 Å². The number of carboxylic acid groups (broad SMARTS) is 1. The summed E-state index contributed by atoms with van der Waals surface area (Å²) in [5.41, 5.74) is 1.30. The molecule has 0 saturated carbocycles. The first-order valence-electron chi connectivity index (χ1n) is 6.17. The summed E-state index contributed by atoms with van der Waals surface area (Å²) >= 11 is 1.51. The van der Waals surface area contributed by atoms with E-state index in [-0.39, 0.29) is 12.5 Å². The standard InChI is InChI=1S/C14H18N2O2S/c1-3-5-10(8-14(17)18)16-12-6-4-7-13(19-2)11(12)9-15/h4,6-7,10,16H,3,5,8H2,1-2H3,(H,17,18). The number of nitriles is 1. The summed E-state index contributed by atoms with van der Waals surface area (Å²) in [7, 11) is 0. The molecule has 4 nitrogen and oxygen atoms in total. The predicted octanol–water partition coefficient (Wildman–Crippen LogP) is 3.34. The van der Waals surface area contributed by atoms with Crippen LogP contribution in [0.2, 0.25) is 0 Å². The number of nitrogens with one attached hydrogen (secondary N) is 1. The molecular formula is C14H18N2O2S. The number of carbonyl (C=O) groups is 1. The van der Waals surface area contributed by atoms with E-state index in [2.05, 4.69) is 11.4 Å². The van der Waals surface area contributed by atoms with Crippen LogP contribution in [0.5, 0.6) is 0 Å². The van der Waals surface area contributed by atoms with Crippen LogP contribution in [-0.4, -0.2) is 23.4 Å². The Labute approximate surface area is 117 Å². The number of benzene rings is 1. The summed E-state index contributed by atoms with van der Waals surface area (Å²) < 4.78 is 0. The molecule has 19 heavy (non-hydrogen) atoms. The van der Waals surface area contributed by atoms with Crippen LogP contribution in [0, 0.1) is 11.3 Å². The molecule has 0 saturated heterocycles. The van der Waals surface area contributed by atoms with Gasteiger partial charge >= 0.3 is 5.97 Å². The number of nitrogens with zero attached hydrogens (tertiary/aromatic N) is 1. The van der Waals surface area contributed by atoms with Crippen LogP contribution >= 0.6 is 11.8 Å². The number of anilines is 1. The molecule has 0 heterocycles. The lowest BCUT2D eigenvalue weighted by Gasteiger charge is -2.19. The fraction of sp³-hybridized carbons (Fsp3) is 0.429. The first-order chi connectivity index (χ1) is 9.12. The molecule has 1 unspecified atom stereocenters. The van der Waals surface area contributed by atoms with Crippen LogP contribution < -0.4 is 5.32 Å². The molecule has 1 aromatic rings. The van der Waals surface area contributed by atoms with Gasteiger partial charge in [0.25, 0.3) is 0 Å². The van der Waals surface area contributed by atoms with Crippen molar-refractivity contribution in [1.82, 2.24) is 0 Å². The number of rotatable bonds is 7. The van der Waals surface area contributed by atoms with E-state index in [9.17, 15) is 10.1 Å². The van der Waals surface area contributed by atoms with E-state index < -0.39 is 5.97 Å². The first kappa shape index (κ1) is 15.4. The van der Waals surface area contributed by atoms with Gasteiger partial charge in [0.05, 0.1) is 17.7 Å². The normalized spacial score (nSPS) is 11.6. The zero-order chi connectivity index (χ0) is 14.3. The van der Waals surface area contributed by atoms with Crippen LogP contribution in [0.15, 0.2) is 23.1 Å². The Bertz CT molecular complexity index is 483. The second kappa shape index (κ2) is 7.70. The van der Waals surface area contributed by atoms with Gasteiger partial charge in [-0.3, -0.25) is 4.79 Å². The number of hydrogen-bond donors (Lipinski definition) is 2. The van der Waals surface area contributed by atoms with Gasteiger partial charge in [-0.25, -0.2) is 0 Å². The third-order valence-electron chi connectivity index (χ3n) is 2.78. The van der Waals surface area contributed by atoms with Gasteiger partial charge in [-0.05, 0) is 24.8 Å². The largest absolute Gasteiger partial charge is 0.481 e. The van der Waals surface area contributed by atoms with Gasteiger partial charge < -0.3 is 10.4 Å². The van der Waals surface area contributed by atoms with Crippen LogP contribution in [0.4, 0.5) is 5.69 Å². The van der Waals surface area contributed by atoms with E-state index in [4.69, 9.17) is 5.11 Å². The maximum absolute atomic E-state index is 10.8. The number of hydrogen-bond acceptors (Lipinski definition) is 4. The maximum Gasteiger partial charge on any atom is 0.305 e. The van der Waals surface area contributed by atoms with Gasteiger partial charge in [-0.15, -0.1) is 11.8 Å². The Morgan fingerprint density at radius 1 is 1.58 bits per heavy atom. The SMILES string of the molecule is CCCC(CC(=O)O)Nc1cccc(SC)c1C#N. The molecule has 0 aliphatic carbocycles.